The standard InChI is InChI=1S/C11H20ClF2N/c1-10(2,3)9(7-12)15-5-4-8-6-11(8,13)14/h8-9,15H,4-7H2,1-3H3. The van der Waals surface area contributed by atoms with Gasteiger partial charge in [-0.25, -0.2) is 8.78 Å². The van der Waals surface area contributed by atoms with Crippen LogP contribution < -0.4 is 5.32 Å². The van der Waals surface area contributed by atoms with E-state index in [1.165, 1.54) is 0 Å². The Hall–Kier alpha value is 0.110. The first-order valence-electron chi connectivity index (χ1n) is 5.44. The van der Waals surface area contributed by atoms with Crippen LogP contribution in [0, 0.1) is 11.3 Å². The molecule has 0 spiro atoms. The summed E-state index contributed by atoms with van der Waals surface area (Å²) in [5.41, 5.74) is 0.0772. The van der Waals surface area contributed by atoms with Gasteiger partial charge in [0.15, 0.2) is 0 Å². The minimum absolute atomic E-state index is 0.0652. The molecule has 0 amide bonds. The molecule has 1 nitrogen and oxygen atoms in total. The van der Waals surface area contributed by atoms with Crippen molar-refractivity contribution in [2.24, 2.45) is 11.3 Å². The van der Waals surface area contributed by atoms with E-state index in [0.717, 1.165) is 0 Å². The number of halogens is 3. The predicted octanol–water partition coefficient (Wildman–Crippen LogP) is 3.27. The van der Waals surface area contributed by atoms with Gasteiger partial charge < -0.3 is 5.32 Å². The minimum atomic E-state index is -2.39. The maximum atomic E-state index is 12.6. The Labute approximate surface area is 95.6 Å². The van der Waals surface area contributed by atoms with E-state index in [-0.39, 0.29) is 17.9 Å². The molecule has 4 heteroatoms. The van der Waals surface area contributed by atoms with Crippen LogP contribution in [-0.2, 0) is 0 Å². The van der Waals surface area contributed by atoms with Crippen molar-refractivity contribution in [2.75, 3.05) is 12.4 Å². The van der Waals surface area contributed by atoms with Crippen molar-refractivity contribution in [3.05, 3.63) is 0 Å². The molecule has 0 aromatic carbocycles. The SMILES string of the molecule is CC(C)(C)C(CCl)NCCC1CC1(F)F. The van der Waals surface area contributed by atoms with Gasteiger partial charge in [0.25, 0.3) is 5.92 Å². The molecule has 0 saturated heterocycles. The van der Waals surface area contributed by atoms with E-state index in [1.54, 1.807) is 0 Å². The Bertz CT molecular complexity index is 213. The first kappa shape index (κ1) is 13.2. The van der Waals surface area contributed by atoms with Crippen LogP contribution in [0.15, 0.2) is 0 Å². The summed E-state index contributed by atoms with van der Waals surface area (Å²) in [4.78, 5) is 0. The van der Waals surface area contributed by atoms with Crippen LogP contribution >= 0.6 is 11.6 Å². The van der Waals surface area contributed by atoms with E-state index in [9.17, 15) is 8.78 Å². The maximum absolute atomic E-state index is 12.6. The van der Waals surface area contributed by atoms with Crippen molar-refractivity contribution in [3.63, 3.8) is 0 Å². The van der Waals surface area contributed by atoms with Gasteiger partial charge in [-0.1, -0.05) is 20.8 Å². The van der Waals surface area contributed by atoms with Crippen molar-refractivity contribution >= 4 is 11.6 Å². The summed E-state index contributed by atoms with van der Waals surface area (Å²) in [6, 6.07) is 0.187. The van der Waals surface area contributed by atoms with Gasteiger partial charge in [0.2, 0.25) is 0 Å². The number of nitrogens with one attached hydrogen (secondary N) is 1. The summed E-state index contributed by atoms with van der Waals surface area (Å²) in [7, 11) is 0. The molecule has 1 aliphatic rings. The molecule has 15 heavy (non-hydrogen) atoms. The Morgan fingerprint density at radius 2 is 2.00 bits per heavy atom. The fraction of sp³-hybridized carbons (Fsp3) is 1.00. The van der Waals surface area contributed by atoms with Crippen LogP contribution in [0.25, 0.3) is 0 Å². The topological polar surface area (TPSA) is 12.0 Å². The summed E-state index contributed by atoms with van der Waals surface area (Å²) < 4.78 is 25.2. The van der Waals surface area contributed by atoms with Crippen LogP contribution in [0.1, 0.15) is 33.6 Å². The molecule has 0 aromatic rings. The number of hydrogen-bond donors (Lipinski definition) is 1. The molecule has 2 atom stereocenters. The van der Waals surface area contributed by atoms with Gasteiger partial charge in [-0.3, -0.25) is 0 Å². The van der Waals surface area contributed by atoms with Crippen molar-refractivity contribution in [3.8, 4) is 0 Å². The molecular weight excluding hydrogens is 220 g/mol. The molecule has 1 fully saturated rings. The third kappa shape index (κ3) is 3.87. The largest absolute Gasteiger partial charge is 0.312 e. The molecule has 0 radical (unpaired) electrons. The quantitative estimate of drug-likeness (QED) is 0.726. The molecule has 0 aromatic heterocycles. The van der Waals surface area contributed by atoms with Crippen molar-refractivity contribution in [1.29, 1.82) is 0 Å². The number of rotatable bonds is 5. The van der Waals surface area contributed by atoms with Gasteiger partial charge in [-0.2, -0.15) is 0 Å². The monoisotopic (exact) mass is 239 g/mol. The second-order valence-corrected chi connectivity index (χ2v) is 5.79. The molecule has 1 aliphatic carbocycles. The summed E-state index contributed by atoms with van der Waals surface area (Å²) in [5, 5.41) is 3.25. The Morgan fingerprint density at radius 1 is 1.47 bits per heavy atom. The van der Waals surface area contributed by atoms with Gasteiger partial charge in [0.05, 0.1) is 0 Å². The Balaban J connectivity index is 2.19. The molecule has 90 valence electrons. The lowest BCUT2D eigenvalue weighted by molar-refractivity contribution is 0.0965. The van der Waals surface area contributed by atoms with Crippen LogP contribution in [0.5, 0.6) is 0 Å². The molecule has 2 unspecified atom stereocenters. The van der Waals surface area contributed by atoms with Gasteiger partial charge in [0.1, 0.15) is 0 Å². The fourth-order valence-corrected chi connectivity index (χ4v) is 2.18. The normalized spacial score (nSPS) is 26.4. The smallest absolute Gasteiger partial charge is 0.251 e. The molecule has 1 saturated carbocycles. The second kappa shape index (κ2) is 4.54. The summed E-state index contributed by atoms with van der Waals surface area (Å²) in [6.45, 7) is 6.92. The first-order valence-corrected chi connectivity index (χ1v) is 5.98. The lowest BCUT2D eigenvalue weighted by atomic mass is 9.88. The van der Waals surface area contributed by atoms with Crippen LogP contribution in [-0.4, -0.2) is 24.4 Å². The second-order valence-electron chi connectivity index (χ2n) is 5.48. The van der Waals surface area contributed by atoms with E-state index in [4.69, 9.17) is 11.6 Å². The average molecular weight is 240 g/mol. The fourth-order valence-electron chi connectivity index (χ4n) is 1.61. The van der Waals surface area contributed by atoms with Gasteiger partial charge in [-0.05, 0) is 18.4 Å². The zero-order valence-corrected chi connectivity index (χ0v) is 10.4. The van der Waals surface area contributed by atoms with Crippen molar-refractivity contribution in [1.82, 2.24) is 5.32 Å². The van der Waals surface area contributed by atoms with Gasteiger partial charge in [0, 0.05) is 24.3 Å². The molecule has 0 heterocycles. The highest BCUT2D eigenvalue weighted by molar-refractivity contribution is 6.18. The highest BCUT2D eigenvalue weighted by Crippen LogP contribution is 2.50. The molecule has 1 N–H and O–H groups in total. The van der Waals surface area contributed by atoms with Gasteiger partial charge in [-0.15, -0.1) is 11.6 Å². The van der Waals surface area contributed by atoms with Crippen LogP contribution in [0.2, 0.25) is 0 Å². The molecule has 0 aliphatic heterocycles. The molecule has 1 rings (SSSR count). The van der Waals surface area contributed by atoms with Crippen molar-refractivity contribution in [2.45, 2.75) is 45.6 Å². The highest BCUT2D eigenvalue weighted by atomic mass is 35.5. The number of alkyl halides is 3. The van der Waals surface area contributed by atoms with E-state index >= 15 is 0 Å². The summed E-state index contributed by atoms with van der Waals surface area (Å²) in [6.07, 6.45) is 0.617. The molecule has 0 bridgehead atoms. The minimum Gasteiger partial charge on any atom is -0.312 e. The van der Waals surface area contributed by atoms with E-state index in [1.807, 2.05) is 0 Å². The Morgan fingerprint density at radius 3 is 2.33 bits per heavy atom. The highest BCUT2D eigenvalue weighted by Gasteiger charge is 2.55. The van der Waals surface area contributed by atoms with E-state index in [0.29, 0.717) is 18.8 Å². The first-order chi connectivity index (χ1) is 6.77. The third-order valence-electron chi connectivity index (χ3n) is 3.04. The zero-order chi connectivity index (χ0) is 11.7. The summed E-state index contributed by atoms with van der Waals surface area (Å²) >= 11 is 5.83. The lowest BCUT2D eigenvalue weighted by Gasteiger charge is -2.30. The van der Waals surface area contributed by atoms with Crippen LogP contribution in [0.4, 0.5) is 8.78 Å². The van der Waals surface area contributed by atoms with E-state index < -0.39 is 11.8 Å². The number of hydrogen-bond acceptors (Lipinski definition) is 1. The Kier molecular flexibility index (Phi) is 3.99. The summed E-state index contributed by atoms with van der Waals surface area (Å²) in [5.74, 6) is -2.27. The molecular formula is C11H20ClF2N. The van der Waals surface area contributed by atoms with Crippen molar-refractivity contribution < 1.29 is 8.78 Å². The lowest BCUT2D eigenvalue weighted by Crippen LogP contribution is -2.42. The van der Waals surface area contributed by atoms with Gasteiger partial charge >= 0.3 is 0 Å². The average Bonchev–Trinajstić information content (AvgIpc) is 2.65. The maximum Gasteiger partial charge on any atom is 0.251 e. The van der Waals surface area contributed by atoms with Crippen LogP contribution in [0.3, 0.4) is 0 Å². The van der Waals surface area contributed by atoms with E-state index in [2.05, 4.69) is 26.1 Å². The zero-order valence-electron chi connectivity index (χ0n) is 9.62. The third-order valence-corrected chi connectivity index (χ3v) is 3.35. The predicted molar refractivity (Wildman–Crippen MR) is 59.6 cm³/mol.